The average Bonchev–Trinajstić information content (AvgIpc) is 2.18. The van der Waals surface area contributed by atoms with Crippen molar-refractivity contribution in [1.82, 2.24) is 4.98 Å². The summed E-state index contributed by atoms with van der Waals surface area (Å²) in [7, 11) is 0. The number of carbonyl (C=O) groups excluding carboxylic acids is 1. The van der Waals surface area contributed by atoms with Crippen molar-refractivity contribution in [3.05, 3.63) is 21.9 Å². The average molecular weight is 289 g/mol. The first-order chi connectivity index (χ1) is 8.13. The first kappa shape index (κ1) is 10.1. The van der Waals surface area contributed by atoms with Gasteiger partial charge in [0.05, 0.1) is 5.69 Å². The number of ether oxygens (including phenoxy) is 1. The van der Waals surface area contributed by atoms with Gasteiger partial charge in [-0.2, -0.15) is 0 Å². The van der Waals surface area contributed by atoms with Gasteiger partial charge < -0.3 is 10.5 Å². The van der Waals surface area contributed by atoms with Gasteiger partial charge in [-0.15, -0.1) is 0 Å². The first-order valence-electron chi connectivity index (χ1n) is 5.80. The van der Waals surface area contributed by atoms with Gasteiger partial charge in [-0.1, -0.05) is 0 Å². The zero-order chi connectivity index (χ0) is 14.1. The van der Waals surface area contributed by atoms with E-state index in [4.69, 9.17) is 13.2 Å². The van der Waals surface area contributed by atoms with E-state index in [2.05, 4.69) is 20.9 Å². The van der Waals surface area contributed by atoms with E-state index in [1.54, 1.807) is 20.8 Å². The number of pyridine rings is 1. The second-order valence-electron chi connectivity index (χ2n) is 4.29. The normalized spacial score (nSPS) is 13.3. The Morgan fingerprint density at radius 1 is 1.62 bits per heavy atom. The Balaban J connectivity index is 3.13. The highest BCUT2D eigenvalue weighted by molar-refractivity contribution is 9.10. The van der Waals surface area contributed by atoms with Crippen molar-refractivity contribution in [3.63, 3.8) is 0 Å². The van der Waals surface area contributed by atoms with Crippen LogP contribution in [0.2, 0.25) is 0 Å². The van der Waals surface area contributed by atoms with Crippen LogP contribution < -0.4 is 5.73 Å². The lowest BCUT2D eigenvalue weighted by Gasteiger charge is -2.19. The summed E-state index contributed by atoms with van der Waals surface area (Å²) in [6, 6.07) is 0. The van der Waals surface area contributed by atoms with Crippen LogP contribution in [0.5, 0.6) is 0 Å². The lowest BCUT2D eigenvalue weighted by atomic mass is 10.2. The summed E-state index contributed by atoms with van der Waals surface area (Å²) in [6.45, 7) is 4.01. The summed E-state index contributed by atoms with van der Waals surface area (Å²) in [4.78, 5) is 15.7. The molecule has 2 N–H and O–H groups in total. The number of hydrogen-bond acceptors (Lipinski definition) is 4. The molecular weight excluding hydrogens is 272 g/mol. The topological polar surface area (TPSA) is 65.2 Å². The Morgan fingerprint density at radius 2 is 2.25 bits per heavy atom. The van der Waals surface area contributed by atoms with Gasteiger partial charge in [0.1, 0.15) is 5.60 Å². The number of esters is 1. The summed E-state index contributed by atoms with van der Waals surface area (Å²) in [5, 5.41) is 0. The maximum absolute atomic E-state index is 11.8. The summed E-state index contributed by atoms with van der Waals surface area (Å²) in [6.07, 6.45) is 1.28. The number of nitrogens with two attached hydrogens (primary N) is 1. The second-order valence-corrected chi connectivity index (χ2v) is 5.08. The molecule has 0 bridgehead atoms. The van der Waals surface area contributed by atoms with Gasteiger partial charge in [-0.25, -0.2) is 9.78 Å². The quantitative estimate of drug-likeness (QED) is 0.807. The largest absolute Gasteiger partial charge is 0.455 e. The highest BCUT2D eigenvalue weighted by Gasteiger charge is 2.22. The Morgan fingerprint density at radius 3 is 2.75 bits per heavy atom. The highest BCUT2D eigenvalue weighted by atomic mass is 79.9. The van der Waals surface area contributed by atoms with E-state index < -0.39 is 18.4 Å². The van der Waals surface area contributed by atoms with Crippen LogP contribution in [0.4, 0.5) is 5.69 Å². The molecule has 0 aliphatic heterocycles. The highest BCUT2D eigenvalue weighted by Crippen LogP contribution is 2.26. The van der Waals surface area contributed by atoms with Crippen LogP contribution in [0.15, 0.2) is 10.7 Å². The van der Waals surface area contributed by atoms with Crippen LogP contribution in [0, 0.1) is 6.88 Å². The molecule has 5 heteroatoms. The minimum atomic E-state index is -1.22. The van der Waals surface area contributed by atoms with Crippen LogP contribution in [0.1, 0.15) is 39.6 Å². The number of nitrogens with zero attached hydrogens (tertiary/aromatic N) is 1. The monoisotopic (exact) mass is 288 g/mol. The van der Waals surface area contributed by atoms with Crippen molar-refractivity contribution in [1.29, 1.82) is 0 Å². The van der Waals surface area contributed by atoms with Gasteiger partial charge in [0, 0.05) is 13.4 Å². The van der Waals surface area contributed by atoms with Crippen molar-refractivity contribution >= 4 is 27.6 Å². The Labute approximate surface area is 106 Å². The molecular formula is C11H15BrN2O2. The third-order valence-electron chi connectivity index (χ3n) is 1.67. The Hall–Kier alpha value is -1.10. The molecule has 0 aromatic carbocycles. The van der Waals surface area contributed by atoms with Crippen LogP contribution in [0.3, 0.4) is 0 Å². The third kappa shape index (κ3) is 2.95. The van der Waals surface area contributed by atoms with Gasteiger partial charge in [0.2, 0.25) is 0 Å². The summed E-state index contributed by atoms with van der Waals surface area (Å²) < 4.78 is 20.1. The smallest absolute Gasteiger partial charge is 0.359 e. The lowest BCUT2D eigenvalue weighted by Crippen LogP contribution is -2.25. The molecule has 1 aromatic rings. The third-order valence-corrected chi connectivity index (χ3v) is 2.56. The fourth-order valence-corrected chi connectivity index (χ4v) is 1.30. The van der Waals surface area contributed by atoms with Crippen molar-refractivity contribution in [3.8, 4) is 0 Å². The number of rotatable bonds is 1. The lowest BCUT2D eigenvalue weighted by molar-refractivity contribution is 0.00642. The standard InChI is InChI=1S/C11H15BrN2O2/c1-6-5-14-9(8(13)7(6)12)10(15)16-11(2,3)4/h5H,13H2,1-4H3/i1D2. The molecule has 0 saturated carbocycles. The van der Waals surface area contributed by atoms with Gasteiger partial charge in [-0.3, -0.25) is 0 Å². The molecule has 0 aliphatic rings. The van der Waals surface area contributed by atoms with E-state index >= 15 is 0 Å². The molecule has 0 saturated heterocycles. The number of nitrogen functional groups attached to an aromatic ring is 1. The molecule has 0 unspecified atom stereocenters. The summed E-state index contributed by atoms with van der Waals surface area (Å²) in [5.74, 6) is -0.626. The van der Waals surface area contributed by atoms with Gasteiger partial charge in [0.15, 0.2) is 5.69 Å². The van der Waals surface area contributed by atoms with E-state index in [-0.39, 0.29) is 11.4 Å². The fourth-order valence-electron chi connectivity index (χ4n) is 1.01. The van der Waals surface area contributed by atoms with Crippen LogP contribution in [0.25, 0.3) is 0 Å². The van der Waals surface area contributed by atoms with E-state index in [9.17, 15) is 4.79 Å². The number of aromatic nitrogens is 1. The van der Waals surface area contributed by atoms with E-state index in [0.29, 0.717) is 10.0 Å². The molecule has 4 nitrogen and oxygen atoms in total. The van der Waals surface area contributed by atoms with Crippen LogP contribution >= 0.6 is 15.9 Å². The molecule has 0 radical (unpaired) electrons. The van der Waals surface area contributed by atoms with Crippen LogP contribution in [-0.4, -0.2) is 16.6 Å². The molecule has 0 atom stereocenters. The minimum absolute atomic E-state index is 0.0128. The molecule has 16 heavy (non-hydrogen) atoms. The first-order valence-corrected chi connectivity index (χ1v) is 5.44. The molecule has 1 aromatic heterocycles. The number of carbonyl (C=O) groups is 1. The zero-order valence-electron chi connectivity index (χ0n) is 11.4. The summed E-state index contributed by atoms with van der Waals surface area (Å²) >= 11 is 3.17. The number of hydrogen-bond donors (Lipinski definition) is 1. The SMILES string of the molecule is [2H]C([2H])c1cnc(C(=O)OC(C)(C)C)c(N)c1Br. The van der Waals surface area contributed by atoms with Gasteiger partial charge in [-0.05, 0) is 49.1 Å². The molecule has 0 spiro atoms. The van der Waals surface area contributed by atoms with E-state index in [1.807, 2.05) is 0 Å². The maximum Gasteiger partial charge on any atom is 0.359 e. The fraction of sp³-hybridized carbons (Fsp3) is 0.455. The van der Waals surface area contributed by atoms with Gasteiger partial charge >= 0.3 is 5.97 Å². The van der Waals surface area contributed by atoms with Crippen LogP contribution in [-0.2, 0) is 4.74 Å². The molecule has 0 aliphatic carbocycles. The second kappa shape index (κ2) is 4.41. The minimum Gasteiger partial charge on any atom is -0.455 e. The molecule has 0 fully saturated rings. The predicted molar refractivity (Wildman–Crippen MR) is 66.3 cm³/mol. The van der Waals surface area contributed by atoms with Crippen molar-refractivity contribution in [2.24, 2.45) is 0 Å². The number of aryl methyl sites for hydroxylation is 1. The van der Waals surface area contributed by atoms with Crippen molar-refractivity contribution in [2.75, 3.05) is 5.73 Å². The van der Waals surface area contributed by atoms with Crippen molar-refractivity contribution in [2.45, 2.75) is 33.2 Å². The maximum atomic E-state index is 11.8. The summed E-state index contributed by atoms with van der Waals surface area (Å²) in [5.41, 5.74) is 5.51. The Kier molecular flexibility index (Phi) is 2.78. The predicted octanol–water partition coefficient (Wildman–Crippen LogP) is 2.69. The van der Waals surface area contributed by atoms with E-state index in [0.717, 1.165) is 0 Å². The molecule has 1 heterocycles. The molecule has 1 rings (SSSR count). The number of halogens is 1. The number of anilines is 1. The van der Waals surface area contributed by atoms with E-state index in [1.165, 1.54) is 6.20 Å². The van der Waals surface area contributed by atoms with Crippen molar-refractivity contribution < 1.29 is 12.3 Å². The molecule has 0 amide bonds. The van der Waals surface area contributed by atoms with Gasteiger partial charge in [0.25, 0.3) is 0 Å². The zero-order valence-corrected chi connectivity index (χ0v) is 11.0. The molecule has 88 valence electrons. The Bertz CT molecular complexity index is 473.